The number of esters is 1. The summed E-state index contributed by atoms with van der Waals surface area (Å²) in [5.41, 5.74) is 2.56. The van der Waals surface area contributed by atoms with Crippen LogP contribution in [0, 0.1) is 5.82 Å². The molecule has 3 rings (SSSR count). The zero-order valence-electron chi connectivity index (χ0n) is 16.5. The number of benzene rings is 2. The Labute approximate surface area is 159 Å². The van der Waals surface area contributed by atoms with E-state index < -0.39 is 11.8 Å². The van der Waals surface area contributed by atoms with E-state index >= 15 is 0 Å². The summed E-state index contributed by atoms with van der Waals surface area (Å²) in [5, 5.41) is 0. The van der Waals surface area contributed by atoms with Crippen molar-refractivity contribution in [3.05, 3.63) is 70.0 Å². The van der Waals surface area contributed by atoms with Crippen LogP contribution in [-0.2, 0) is 15.6 Å². The maximum atomic E-state index is 14.9. The van der Waals surface area contributed by atoms with Crippen LogP contribution in [0.4, 0.5) is 4.39 Å². The van der Waals surface area contributed by atoms with Crippen molar-refractivity contribution in [2.75, 3.05) is 7.11 Å². The summed E-state index contributed by atoms with van der Waals surface area (Å²) in [6.45, 7) is 8.51. The molecule has 2 aromatic rings. The van der Waals surface area contributed by atoms with Gasteiger partial charge < -0.3 is 4.74 Å². The van der Waals surface area contributed by atoms with E-state index in [1.165, 1.54) is 37.4 Å². The van der Waals surface area contributed by atoms with Crippen LogP contribution < -0.4 is 0 Å². The van der Waals surface area contributed by atoms with Crippen molar-refractivity contribution in [2.24, 2.45) is 0 Å². The highest BCUT2D eigenvalue weighted by molar-refractivity contribution is 6.09. The third kappa shape index (κ3) is 3.41. The molecule has 0 bridgehead atoms. The van der Waals surface area contributed by atoms with Crippen LogP contribution in [-0.4, -0.2) is 18.9 Å². The van der Waals surface area contributed by atoms with E-state index in [-0.39, 0.29) is 22.2 Å². The fraction of sp³-hybridized carbons (Fsp3) is 0.391. The van der Waals surface area contributed by atoms with Gasteiger partial charge in [-0.1, -0.05) is 39.8 Å². The van der Waals surface area contributed by atoms with Gasteiger partial charge in [0.1, 0.15) is 5.82 Å². The summed E-state index contributed by atoms with van der Waals surface area (Å²) in [4.78, 5) is 24.5. The molecule has 3 nitrogen and oxygen atoms in total. The van der Waals surface area contributed by atoms with Gasteiger partial charge in [0.15, 0.2) is 5.78 Å². The Balaban J connectivity index is 2.05. The van der Waals surface area contributed by atoms with E-state index in [1.54, 1.807) is 6.07 Å². The first-order chi connectivity index (χ1) is 12.6. The van der Waals surface area contributed by atoms with Gasteiger partial charge in [0.2, 0.25) is 0 Å². The molecule has 27 heavy (non-hydrogen) atoms. The van der Waals surface area contributed by atoms with E-state index in [1.807, 2.05) is 0 Å². The number of halogens is 1. The van der Waals surface area contributed by atoms with Gasteiger partial charge in [-0.2, -0.15) is 0 Å². The second-order valence-electron chi connectivity index (χ2n) is 8.54. The molecule has 4 heteroatoms. The maximum absolute atomic E-state index is 14.9. The molecular weight excluding hydrogens is 343 g/mol. The van der Waals surface area contributed by atoms with Gasteiger partial charge in [-0.15, -0.1) is 0 Å². The van der Waals surface area contributed by atoms with Gasteiger partial charge in [-0.05, 0) is 59.1 Å². The van der Waals surface area contributed by atoms with Crippen molar-refractivity contribution in [1.29, 1.82) is 0 Å². The van der Waals surface area contributed by atoms with Gasteiger partial charge in [-0.3, -0.25) is 4.79 Å². The first-order valence-electron chi connectivity index (χ1n) is 9.14. The van der Waals surface area contributed by atoms with E-state index in [0.717, 1.165) is 24.0 Å². The fourth-order valence-corrected chi connectivity index (χ4v) is 3.79. The van der Waals surface area contributed by atoms with Crippen molar-refractivity contribution >= 4 is 11.8 Å². The Bertz CT molecular complexity index is 908. The van der Waals surface area contributed by atoms with Crippen molar-refractivity contribution in [1.82, 2.24) is 0 Å². The van der Waals surface area contributed by atoms with Crippen LogP contribution >= 0.6 is 0 Å². The monoisotopic (exact) mass is 368 g/mol. The number of rotatable bonds is 3. The number of carbonyl (C=O) groups excluding carboxylic acids is 2. The standard InChI is InChI=1S/C23H25FO3/c1-22(2)10-11-23(3,4)18-13-19(24)16(12-17(18)22)20(25)14-6-8-15(9-7-14)21(26)27-5/h6-9,12-13H,10-11H2,1-5H3. The largest absolute Gasteiger partial charge is 0.465 e. The molecular formula is C23H25FO3. The van der Waals surface area contributed by atoms with Crippen LogP contribution in [0.1, 0.15) is 77.9 Å². The zero-order chi connectivity index (χ0) is 20.0. The summed E-state index contributed by atoms with van der Waals surface area (Å²) in [5.74, 6) is -1.36. The van der Waals surface area contributed by atoms with Crippen LogP contribution in [0.15, 0.2) is 36.4 Å². The number of hydrogen-bond acceptors (Lipinski definition) is 3. The predicted molar refractivity (Wildman–Crippen MR) is 103 cm³/mol. The molecule has 0 saturated carbocycles. The molecule has 2 aromatic carbocycles. The Morgan fingerprint density at radius 1 is 0.889 bits per heavy atom. The average Bonchev–Trinajstić information content (AvgIpc) is 2.64. The van der Waals surface area contributed by atoms with E-state index in [0.29, 0.717) is 11.1 Å². The summed E-state index contributed by atoms with van der Waals surface area (Å²) < 4.78 is 19.5. The second-order valence-corrected chi connectivity index (χ2v) is 8.54. The minimum Gasteiger partial charge on any atom is -0.465 e. The topological polar surface area (TPSA) is 43.4 Å². The Kier molecular flexibility index (Phi) is 4.71. The third-order valence-corrected chi connectivity index (χ3v) is 5.75. The smallest absolute Gasteiger partial charge is 0.337 e. The van der Waals surface area contributed by atoms with E-state index in [2.05, 4.69) is 32.4 Å². The number of methoxy groups -OCH3 is 1. The van der Waals surface area contributed by atoms with E-state index in [4.69, 9.17) is 0 Å². The van der Waals surface area contributed by atoms with Crippen molar-refractivity contribution in [2.45, 2.75) is 51.4 Å². The molecule has 1 aliphatic rings. The lowest BCUT2D eigenvalue weighted by atomic mass is 9.63. The molecule has 0 saturated heterocycles. The number of hydrogen-bond donors (Lipinski definition) is 0. The Hall–Kier alpha value is -2.49. The zero-order valence-corrected chi connectivity index (χ0v) is 16.5. The minimum absolute atomic E-state index is 0.0744. The average molecular weight is 368 g/mol. The molecule has 142 valence electrons. The SMILES string of the molecule is COC(=O)c1ccc(C(=O)c2cc3c(cc2F)C(C)(C)CCC3(C)C)cc1. The summed E-state index contributed by atoms with van der Waals surface area (Å²) in [6.07, 6.45) is 1.97. The van der Waals surface area contributed by atoms with E-state index in [9.17, 15) is 14.0 Å². The normalized spacial score (nSPS) is 17.1. The van der Waals surface area contributed by atoms with Gasteiger partial charge >= 0.3 is 5.97 Å². The molecule has 0 amide bonds. The lowest BCUT2D eigenvalue weighted by Gasteiger charge is -2.42. The molecule has 0 aliphatic heterocycles. The summed E-state index contributed by atoms with van der Waals surface area (Å²) >= 11 is 0. The molecule has 0 spiro atoms. The van der Waals surface area contributed by atoms with Gasteiger partial charge in [0.05, 0.1) is 18.2 Å². The molecule has 0 unspecified atom stereocenters. The number of ketones is 1. The summed E-state index contributed by atoms with van der Waals surface area (Å²) in [6, 6.07) is 9.35. The predicted octanol–water partition coefficient (Wildman–Crippen LogP) is 5.19. The molecule has 0 radical (unpaired) electrons. The molecule has 0 fully saturated rings. The van der Waals surface area contributed by atoms with Crippen molar-refractivity contribution in [3.8, 4) is 0 Å². The lowest BCUT2D eigenvalue weighted by molar-refractivity contribution is 0.0600. The minimum atomic E-state index is -0.499. The maximum Gasteiger partial charge on any atom is 0.337 e. The highest BCUT2D eigenvalue weighted by atomic mass is 19.1. The molecule has 0 aromatic heterocycles. The van der Waals surface area contributed by atoms with Crippen LogP contribution in [0.25, 0.3) is 0 Å². The van der Waals surface area contributed by atoms with Gasteiger partial charge in [0.25, 0.3) is 0 Å². The third-order valence-electron chi connectivity index (χ3n) is 5.75. The highest BCUT2D eigenvalue weighted by Gasteiger charge is 2.38. The van der Waals surface area contributed by atoms with Crippen LogP contribution in [0.3, 0.4) is 0 Å². The molecule has 0 atom stereocenters. The van der Waals surface area contributed by atoms with Crippen LogP contribution in [0.5, 0.6) is 0 Å². The number of fused-ring (bicyclic) bond motifs is 1. The number of carbonyl (C=O) groups is 2. The molecule has 0 N–H and O–H groups in total. The number of ether oxygens (including phenoxy) is 1. The van der Waals surface area contributed by atoms with Crippen molar-refractivity contribution < 1.29 is 18.7 Å². The van der Waals surface area contributed by atoms with Crippen LogP contribution in [0.2, 0.25) is 0 Å². The van der Waals surface area contributed by atoms with Gasteiger partial charge in [0, 0.05) is 5.56 Å². The van der Waals surface area contributed by atoms with Crippen molar-refractivity contribution in [3.63, 3.8) is 0 Å². The molecule has 1 aliphatic carbocycles. The summed E-state index contributed by atoms with van der Waals surface area (Å²) in [7, 11) is 1.30. The first-order valence-corrected chi connectivity index (χ1v) is 9.14. The fourth-order valence-electron chi connectivity index (χ4n) is 3.79. The molecule has 0 heterocycles. The Morgan fingerprint density at radius 3 is 1.89 bits per heavy atom. The Morgan fingerprint density at radius 2 is 1.37 bits per heavy atom. The first kappa shape index (κ1) is 19.3. The lowest BCUT2D eigenvalue weighted by Crippen LogP contribution is -2.34. The van der Waals surface area contributed by atoms with Gasteiger partial charge in [-0.25, -0.2) is 9.18 Å². The second kappa shape index (κ2) is 6.59. The highest BCUT2D eigenvalue weighted by Crippen LogP contribution is 2.46. The quantitative estimate of drug-likeness (QED) is 0.553.